The van der Waals surface area contributed by atoms with E-state index in [9.17, 15) is 18.0 Å². The molecule has 29 heavy (non-hydrogen) atoms. The van der Waals surface area contributed by atoms with Crippen molar-refractivity contribution in [3.63, 3.8) is 0 Å². The van der Waals surface area contributed by atoms with Crippen LogP contribution in [0.2, 0.25) is 0 Å². The zero-order chi connectivity index (χ0) is 20.1. The molecule has 4 unspecified atom stereocenters. The van der Waals surface area contributed by atoms with Crippen molar-refractivity contribution in [3.8, 4) is 0 Å². The molecule has 4 atom stereocenters. The summed E-state index contributed by atoms with van der Waals surface area (Å²) in [6.45, 7) is 1.28. The summed E-state index contributed by atoms with van der Waals surface area (Å²) in [6.07, 6.45) is 8.16. The number of rotatable bonds is 7. The predicted molar refractivity (Wildman–Crippen MR) is 121 cm³/mol. The maximum absolute atomic E-state index is 12.7. The van der Waals surface area contributed by atoms with Crippen molar-refractivity contribution in [2.24, 2.45) is 34.1 Å². The molecule has 0 aromatic carbocycles. The molecule has 1 saturated heterocycles. The van der Waals surface area contributed by atoms with Crippen molar-refractivity contribution < 1.29 is 18.0 Å². The van der Waals surface area contributed by atoms with Gasteiger partial charge in [-0.2, -0.15) is 0 Å². The Morgan fingerprint density at radius 3 is 2.24 bits per heavy atom. The normalized spacial score (nSPS) is 31.7. The van der Waals surface area contributed by atoms with E-state index in [1.54, 1.807) is 7.05 Å². The number of nitrogens with one attached hydrogen (secondary N) is 2. The van der Waals surface area contributed by atoms with E-state index in [-0.39, 0.29) is 70.6 Å². The van der Waals surface area contributed by atoms with E-state index in [0.717, 1.165) is 19.3 Å². The summed E-state index contributed by atoms with van der Waals surface area (Å²) in [6, 6.07) is 0. The Morgan fingerprint density at radius 1 is 1.17 bits per heavy atom. The number of halogens is 1. The minimum absolute atomic E-state index is 0. The van der Waals surface area contributed by atoms with Crippen LogP contribution in [0.5, 0.6) is 0 Å². The van der Waals surface area contributed by atoms with Gasteiger partial charge in [0.1, 0.15) is 9.84 Å². The molecule has 2 saturated carbocycles. The molecular formula is C19H29IN4O4S. The lowest BCUT2D eigenvalue weighted by Gasteiger charge is -2.20. The largest absolute Gasteiger partial charge is 0.356 e. The van der Waals surface area contributed by atoms with Crippen molar-refractivity contribution in [3.05, 3.63) is 12.2 Å². The van der Waals surface area contributed by atoms with Crippen LogP contribution in [-0.4, -0.2) is 69.8 Å². The van der Waals surface area contributed by atoms with Crippen molar-refractivity contribution >= 4 is 51.6 Å². The van der Waals surface area contributed by atoms with Crippen molar-refractivity contribution in [1.29, 1.82) is 0 Å². The molecule has 0 aromatic rings. The molecule has 3 fully saturated rings. The number of amides is 2. The number of sulfone groups is 1. The molecule has 0 aromatic heterocycles. The van der Waals surface area contributed by atoms with Gasteiger partial charge in [0.15, 0.2) is 5.96 Å². The third kappa shape index (κ3) is 4.47. The van der Waals surface area contributed by atoms with Gasteiger partial charge >= 0.3 is 0 Å². The molecule has 4 rings (SSSR count). The second-order valence-electron chi connectivity index (χ2n) is 8.75. The van der Waals surface area contributed by atoms with Crippen LogP contribution in [0.25, 0.3) is 0 Å². The topological polar surface area (TPSA) is 108 Å². The van der Waals surface area contributed by atoms with Crippen LogP contribution in [0, 0.1) is 29.1 Å². The average molecular weight is 536 g/mol. The number of nitrogens with zero attached hydrogens (tertiary/aromatic N) is 2. The number of fused-ring (bicyclic) bond motifs is 5. The van der Waals surface area contributed by atoms with Gasteiger partial charge in [0, 0.05) is 38.4 Å². The van der Waals surface area contributed by atoms with Crippen LogP contribution in [0.4, 0.5) is 0 Å². The van der Waals surface area contributed by atoms with E-state index < -0.39 is 9.84 Å². The number of carbonyl (C=O) groups excluding carboxylic acids is 2. The molecule has 4 aliphatic rings. The van der Waals surface area contributed by atoms with Gasteiger partial charge in [0.2, 0.25) is 11.8 Å². The fraction of sp³-hybridized carbons (Fsp3) is 0.737. The summed E-state index contributed by atoms with van der Waals surface area (Å²) in [5, 5.41) is 6.31. The number of hydrogen-bond donors (Lipinski definition) is 2. The van der Waals surface area contributed by atoms with Crippen molar-refractivity contribution in [2.45, 2.75) is 19.3 Å². The Morgan fingerprint density at radius 2 is 1.76 bits per heavy atom. The SMILES string of the molecule is CN=C(NCCN1C(=O)C2C3C=CC(C3)C2C1=O)NCC1(CS(C)(=O)=O)CC1.I. The Balaban J connectivity index is 0.00000240. The van der Waals surface area contributed by atoms with E-state index >= 15 is 0 Å². The highest BCUT2D eigenvalue weighted by atomic mass is 127. The summed E-state index contributed by atoms with van der Waals surface area (Å²) in [4.78, 5) is 30.9. The molecule has 8 nitrogen and oxygen atoms in total. The van der Waals surface area contributed by atoms with E-state index in [4.69, 9.17) is 0 Å². The van der Waals surface area contributed by atoms with Crippen LogP contribution in [0.1, 0.15) is 19.3 Å². The monoisotopic (exact) mass is 536 g/mol. The van der Waals surface area contributed by atoms with Crippen molar-refractivity contribution in [2.75, 3.05) is 38.7 Å². The number of allylic oxidation sites excluding steroid dienone is 2. The van der Waals surface area contributed by atoms with Crippen LogP contribution >= 0.6 is 24.0 Å². The highest BCUT2D eigenvalue weighted by Crippen LogP contribution is 2.52. The van der Waals surface area contributed by atoms with Gasteiger partial charge in [0.05, 0.1) is 17.6 Å². The fourth-order valence-corrected chi connectivity index (χ4v) is 6.57. The zero-order valence-electron chi connectivity index (χ0n) is 16.8. The smallest absolute Gasteiger partial charge is 0.233 e. The number of hydrogen-bond acceptors (Lipinski definition) is 5. The lowest BCUT2D eigenvalue weighted by molar-refractivity contribution is -0.140. The molecule has 1 heterocycles. The summed E-state index contributed by atoms with van der Waals surface area (Å²) >= 11 is 0. The van der Waals surface area contributed by atoms with E-state index in [1.165, 1.54) is 11.2 Å². The van der Waals surface area contributed by atoms with Gasteiger partial charge in [-0.3, -0.25) is 19.5 Å². The second kappa shape index (κ2) is 8.16. The average Bonchev–Trinajstić information content (AvgIpc) is 2.99. The number of carbonyl (C=O) groups is 2. The molecule has 0 radical (unpaired) electrons. The fourth-order valence-electron chi connectivity index (χ4n) is 5.07. The number of aliphatic imine (C=N–C) groups is 1. The quantitative estimate of drug-likeness (QED) is 0.161. The first kappa shape index (κ1) is 22.5. The van der Waals surface area contributed by atoms with E-state index in [1.807, 2.05) is 0 Å². The Hall–Kier alpha value is -1.17. The highest BCUT2D eigenvalue weighted by Gasteiger charge is 2.58. The lowest BCUT2D eigenvalue weighted by Crippen LogP contribution is -2.45. The van der Waals surface area contributed by atoms with Gasteiger partial charge in [0.25, 0.3) is 0 Å². The minimum atomic E-state index is -3.01. The van der Waals surface area contributed by atoms with Gasteiger partial charge in [-0.25, -0.2) is 8.42 Å². The van der Waals surface area contributed by atoms with Gasteiger partial charge in [-0.1, -0.05) is 12.2 Å². The molecule has 3 aliphatic carbocycles. The van der Waals surface area contributed by atoms with Crippen molar-refractivity contribution in [1.82, 2.24) is 15.5 Å². The molecular weight excluding hydrogens is 507 g/mol. The molecule has 10 heteroatoms. The van der Waals surface area contributed by atoms with Crippen LogP contribution in [0.15, 0.2) is 17.1 Å². The molecule has 1 aliphatic heterocycles. The lowest BCUT2D eigenvalue weighted by atomic mass is 9.85. The third-order valence-electron chi connectivity index (χ3n) is 6.57. The second-order valence-corrected chi connectivity index (χ2v) is 10.9. The van der Waals surface area contributed by atoms with Crippen LogP contribution in [-0.2, 0) is 19.4 Å². The number of imide groups is 1. The third-order valence-corrected chi connectivity index (χ3v) is 7.71. The first-order chi connectivity index (χ1) is 13.2. The summed E-state index contributed by atoms with van der Waals surface area (Å²) in [7, 11) is -1.37. The Kier molecular flexibility index (Phi) is 6.34. The summed E-state index contributed by atoms with van der Waals surface area (Å²) in [5.74, 6) is 0.784. The van der Waals surface area contributed by atoms with Gasteiger partial charge in [-0.05, 0) is 31.1 Å². The van der Waals surface area contributed by atoms with Crippen LogP contribution in [0.3, 0.4) is 0 Å². The van der Waals surface area contributed by atoms with Crippen LogP contribution < -0.4 is 10.6 Å². The predicted octanol–water partition coefficient (Wildman–Crippen LogP) is 0.401. The zero-order valence-corrected chi connectivity index (χ0v) is 19.9. The van der Waals surface area contributed by atoms with Gasteiger partial charge < -0.3 is 10.6 Å². The first-order valence-corrected chi connectivity index (χ1v) is 11.9. The van der Waals surface area contributed by atoms with Gasteiger partial charge in [-0.15, -0.1) is 24.0 Å². The Bertz CT molecular complexity index is 822. The molecule has 0 spiro atoms. The summed E-state index contributed by atoms with van der Waals surface area (Å²) in [5.41, 5.74) is -0.199. The molecule has 2 amide bonds. The highest BCUT2D eigenvalue weighted by molar-refractivity contribution is 14.0. The molecule has 2 bridgehead atoms. The number of guanidine groups is 1. The minimum Gasteiger partial charge on any atom is -0.356 e. The summed E-state index contributed by atoms with van der Waals surface area (Å²) < 4.78 is 23.1. The molecule has 2 N–H and O–H groups in total. The maximum atomic E-state index is 12.7. The Labute approximate surface area is 188 Å². The maximum Gasteiger partial charge on any atom is 0.233 e. The molecule has 162 valence electrons. The number of likely N-dealkylation sites (tertiary alicyclic amines) is 1. The van der Waals surface area contributed by atoms with E-state index in [2.05, 4.69) is 27.8 Å². The standard InChI is InChI=1S/C19H28N4O4S.HI/c1-20-18(22-10-19(5-6-19)11-28(2,26)27)21-7-8-23-16(24)14-12-3-4-13(9-12)15(14)17(23)25;/h3-4,12-15H,5-11H2,1-2H3,(H2,20,21,22);1H. The van der Waals surface area contributed by atoms with E-state index in [0.29, 0.717) is 25.6 Å². The first-order valence-electron chi connectivity index (χ1n) is 9.89.